The number of aromatic nitrogens is 2. The molecule has 1 aromatic rings. The van der Waals surface area contributed by atoms with Gasteiger partial charge in [0.2, 0.25) is 5.88 Å². The summed E-state index contributed by atoms with van der Waals surface area (Å²) in [5.41, 5.74) is -0.0721. The van der Waals surface area contributed by atoms with Gasteiger partial charge in [0, 0.05) is 18.0 Å². The van der Waals surface area contributed by atoms with E-state index in [0.29, 0.717) is 12.5 Å². The number of ether oxygens (including phenoxy) is 1. The Balaban J connectivity index is 3.08. The topological polar surface area (TPSA) is 47.0 Å². The normalized spacial score (nSPS) is 11.3. The number of rotatable bonds is 4. The zero-order valence-electron chi connectivity index (χ0n) is 10.8. The Morgan fingerprint density at radius 2 is 1.94 bits per heavy atom. The van der Waals surface area contributed by atoms with Crippen molar-refractivity contribution < 1.29 is 4.74 Å². The zero-order chi connectivity index (χ0) is 12.2. The standard InChI is InChI=1S/C12H21N3O/c1-6-13-9-8-10(16-7-2)15-11(14-9)12(3,4)5/h8H,6-7H2,1-5H3,(H,13,14,15). The van der Waals surface area contributed by atoms with E-state index in [1.54, 1.807) is 0 Å². The van der Waals surface area contributed by atoms with Crippen LogP contribution in [0.1, 0.15) is 40.4 Å². The van der Waals surface area contributed by atoms with E-state index in [4.69, 9.17) is 4.74 Å². The van der Waals surface area contributed by atoms with Crippen molar-refractivity contribution in [1.29, 1.82) is 0 Å². The summed E-state index contributed by atoms with van der Waals surface area (Å²) in [5, 5.41) is 3.19. The minimum atomic E-state index is -0.0721. The predicted molar refractivity (Wildman–Crippen MR) is 66.1 cm³/mol. The van der Waals surface area contributed by atoms with Crippen molar-refractivity contribution in [2.75, 3.05) is 18.5 Å². The maximum atomic E-state index is 5.44. The highest BCUT2D eigenvalue weighted by Crippen LogP contribution is 2.23. The molecule has 4 heteroatoms. The third-order valence-electron chi connectivity index (χ3n) is 2.02. The molecule has 0 spiro atoms. The lowest BCUT2D eigenvalue weighted by atomic mass is 9.96. The van der Waals surface area contributed by atoms with Crippen molar-refractivity contribution in [2.45, 2.75) is 40.0 Å². The third-order valence-corrected chi connectivity index (χ3v) is 2.02. The summed E-state index contributed by atoms with van der Waals surface area (Å²) in [5.74, 6) is 2.26. The smallest absolute Gasteiger partial charge is 0.218 e. The van der Waals surface area contributed by atoms with Gasteiger partial charge in [-0.05, 0) is 13.8 Å². The highest BCUT2D eigenvalue weighted by atomic mass is 16.5. The van der Waals surface area contributed by atoms with Crippen LogP contribution in [-0.4, -0.2) is 23.1 Å². The van der Waals surface area contributed by atoms with Crippen LogP contribution in [0.2, 0.25) is 0 Å². The van der Waals surface area contributed by atoms with Gasteiger partial charge < -0.3 is 10.1 Å². The predicted octanol–water partition coefficient (Wildman–Crippen LogP) is 2.60. The molecule has 0 aliphatic heterocycles. The van der Waals surface area contributed by atoms with Crippen molar-refractivity contribution in [2.24, 2.45) is 0 Å². The lowest BCUT2D eigenvalue weighted by molar-refractivity contribution is 0.322. The molecular formula is C12H21N3O. The molecule has 0 amide bonds. The largest absolute Gasteiger partial charge is 0.478 e. The summed E-state index contributed by atoms with van der Waals surface area (Å²) in [4.78, 5) is 8.88. The molecule has 0 unspecified atom stereocenters. The zero-order valence-corrected chi connectivity index (χ0v) is 10.8. The quantitative estimate of drug-likeness (QED) is 0.852. The molecule has 0 aromatic carbocycles. The minimum absolute atomic E-state index is 0.0721. The first kappa shape index (κ1) is 12.7. The Bertz CT molecular complexity index is 320. The molecule has 0 fully saturated rings. The second-order valence-electron chi connectivity index (χ2n) is 4.63. The van der Waals surface area contributed by atoms with Gasteiger partial charge >= 0.3 is 0 Å². The summed E-state index contributed by atoms with van der Waals surface area (Å²) in [6.07, 6.45) is 0. The number of hydrogen-bond donors (Lipinski definition) is 1. The van der Waals surface area contributed by atoms with E-state index in [9.17, 15) is 0 Å². The monoisotopic (exact) mass is 223 g/mol. The SMILES string of the molecule is CCNc1cc(OCC)nc(C(C)(C)C)n1. The summed E-state index contributed by atoms with van der Waals surface area (Å²) in [6, 6.07) is 1.84. The number of anilines is 1. The van der Waals surface area contributed by atoms with Gasteiger partial charge in [0.05, 0.1) is 6.61 Å². The van der Waals surface area contributed by atoms with Gasteiger partial charge in [-0.2, -0.15) is 4.98 Å². The Labute approximate surface area is 97.5 Å². The van der Waals surface area contributed by atoms with Gasteiger partial charge in [0.1, 0.15) is 11.6 Å². The molecule has 0 saturated heterocycles. The molecule has 16 heavy (non-hydrogen) atoms. The number of nitrogens with zero attached hydrogens (tertiary/aromatic N) is 2. The minimum Gasteiger partial charge on any atom is -0.478 e. The van der Waals surface area contributed by atoms with Crippen LogP contribution in [-0.2, 0) is 5.41 Å². The fraction of sp³-hybridized carbons (Fsp3) is 0.667. The first-order chi connectivity index (χ1) is 7.47. The first-order valence-electron chi connectivity index (χ1n) is 5.73. The Morgan fingerprint density at radius 1 is 1.25 bits per heavy atom. The summed E-state index contributed by atoms with van der Waals surface area (Å²) in [7, 11) is 0. The third kappa shape index (κ3) is 3.36. The van der Waals surface area contributed by atoms with E-state index < -0.39 is 0 Å². The van der Waals surface area contributed by atoms with E-state index >= 15 is 0 Å². The molecule has 0 aliphatic carbocycles. The fourth-order valence-electron chi connectivity index (χ4n) is 1.25. The van der Waals surface area contributed by atoms with Crippen LogP contribution < -0.4 is 10.1 Å². The first-order valence-corrected chi connectivity index (χ1v) is 5.73. The van der Waals surface area contributed by atoms with Crippen LogP contribution in [0.25, 0.3) is 0 Å². The Kier molecular flexibility index (Phi) is 4.10. The van der Waals surface area contributed by atoms with E-state index in [0.717, 1.165) is 18.2 Å². The van der Waals surface area contributed by atoms with Gasteiger partial charge in [-0.15, -0.1) is 0 Å². The molecule has 90 valence electrons. The molecule has 0 bridgehead atoms. The van der Waals surface area contributed by atoms with Gasteiger partial charge in [0.25, 0.3) is 0 Å². The van der Waals surface area contributed by atoms with Gasteiger partial charge in [-0.1, -0.05) is 20.8 Å². The summed E-state index contributed by atoms with van der Waals surface area (Å²) < 4.78 is 5.44. The van der Waals surface area contributed by atoms with Gasteiger partial charge in [-0.25, -0.2) is 4.98 Å². The molecule has 1 aromatic heterocycles. The molecule has 0 saturated carbocycles. The van der Waals surface area contributed by atoms with Gasteiger partial charge in [-0.3, -0.25) is 0 Å². The van der Waals surface area contributed by atoms with Crippen LogP contribution >= 0.6 is 0 Å². The molecule has 1 heterocycles. The fourth-order valence-corrected chi connectivity index (χ4v) is 1.25. The van der Waals surface area contributed by atoms with Crippen molar-refractivity contribution >= 4 is 5.82 Å². The van der Waals surface area contributed by atoms with Gasteiger partial charge in [0.15, 0.2) is 0 Å². The summed E-state index contributed by atoms with van der Waals surface area (Å²) >= 11 is 0. The summed E-state index contributed by atoms with van der Waals surface area (Å²) in [6.45, 7) is 11.7. The highest BCUT2D eigenvalue weighted by Gasteiger charge is 2.19. The van der Waals surface area contributed by atoms with Crippen LogP contribution in [0.15, 0.2) is 6.07 Å². The molecule has 0 atom stereocenters. The Hall–Kier alpha value is -1.32. The number of nitrogens with one attached hydrogen (secondary N) is 1. The van der Waals surface area contributed by atoms with Crippen LogP contribution in [0.3, 0.4) is 0 Å². The van der Waals surface area contributed by atoms with E-state index in [2.05, 4.69) is 36.1 Å². The van der Waals surface area contributed by atoms with Crippen LogP contribution in [0.4, 0.5) is 5.82 Å². The van der Waals surface area contributed by atoms with Crippen molar-refractivity contribution in [3.63, 3.8) is 0 Å². The highest BCUT2D eigenvalue weighted by molar-refractivity contribution is 5.39. The van der Waals surface area contributed by atoms with E-state index in [-0.39, 0.29) is 5.41 Å². The lowest BCUT2D eigenvalue weighted by Gasteiger charge is -2.18. The van der Waals surface area contributed by atoms with Crippen molar-refractivity contribution in [3.8, 4) is 5.88 Å². The second-order valence-corrected chi connectivity index (χ2v) is 4.63. The van der Waals surface area contributed by atoms with Crippen molar-refractivity contribution in [3.05, 3.63) is 11.9 Å². The molecule has 4 nitrogen and oxygen atoms in total. The Morgan fingerprint density at radius 3 is 2.44 bits per heavy atom. The molecule has 1 rings (SSSR count). The van der Waals surface area contributed by atoms with Crippen LogP contribution in [0.5, 0.6) is 5.88 Å². The van der Waals surface area contributed by atoms with Crippen molar-refractivity contribution in [1.82, 2.24) is 9.97 Å². The average Bonchev–Trinajstić information content (AvgIpc) is 2.17. The lowest BCUT2D eigenvalue weighted by Crippen LogP contribution is -2.18. The van der Waals surface area contributed by atoms with Crippen LogP contribution in [0, 0.1) is 0 Å². The molecule has 1 N–H and O–H groups in total. The molecular weight excluding hydrogens is 202 g/mol. The maximum Gasteiger partial charge on any atom is 0.218 e. The maximum absolute atomic E-state index is 5.44. The molecule has 0 radical (unpaired) electrons. The van der Waals surface area contributed by atoms with E-state index in [1.165, 1.54) is 0 Å². The average molecular weight is 223 g/mol. The van der Waals surface area contributed by atoms with E-state index in [1.807, 2.05) is 19.9 Å². The number of hydrogen-bond acceptors (Lipinski definition) is 4. The second kappa shape index (κ2) is 5.14. The molecule has 0 aliphatic rings.